The van der Waals surface area contributed by atoms with Gasteiger partial charge in [-0.15, -0.1) is 0 Å². The molecule has 0 spiro atoms. The van der Waals surface area contributed by atoms with Crippen molar-refractivity contribution in [3.05, 3.63) is 58.0 Å². The maximum absolute atomic E-state index is 12.3. The number of hydrogen-bond donors (Lipinski definition) is 1. The van der Waals surface area contributed by atoms with Crippen LogP contribution in [0.2, 0.25) is 0 Å². The van der Waals surface area contributed by atoms with Gasteiger partial charge in [0.15, 0.2) is 0 Å². The number of ether oxygens (including phenoxy) is 1. The molecule has 0 saturated carbocycles. The molecule has 2 rings (SSSR count). The Balaban J connectivity index is 2.53. The SMILES string of the molecule is CC(C)(C)OC(=O)Cn1cc(-c2cccc(C#N)c2)cc(C(=O)O)c1=O. The van der Waals surface area contributed by atoms with Gasteiger partial charge in [-0.05, 0) is 50.1 Å². The Hall–Kier alpha value is -3.40. The topological polar surface area (TPSA) is 109 Å². The van der Waals surface area contributed by atoms with E-state index < -0.39 is 35.2 Å². The average Bonchev–Trinajstić information content (AvgIpc) is 2.54. The lowest BCUT2D eigenvalue weighted by Crippen LogP contribution is -2.32. The van der Waals surface area contributed by atoms with E-state index in [-0.39, 0.29) is 0 Å². The predicted molar refractivity (Wildman–Crippen MR) is 93.7 cm³/mol. The van der Waals surface area contributed by atoms with Crippen molar-refractivity contribution in [3.8, 4) is 17.2 Å². The minimum Gasteiger partial charge on any atom is -0.477 e. The monoisotopic (exact) mass is 354 g/mol. The molecular weight excluding hydrogens is 336 g/mol. The number of aromatic nitrogens is 1. The Morgan fingerprint density at radius 3 is 2.50 bits per heavy atom. The number of esters is 1. The molecule has 134 valence electrons. The number of nitriles is 1. The molecule has 0 unspecified atom stereocenters. The van der Waals surface area contributed by atoms with E-state index in [0.29, 0.717) is 16.7 Å². The van der Waals surface area contributed by atoms with Gasteiger partial charge >= 0.3 is 11.9 Å². The lowest BCUT2D eigenvalue weighted by molar-refractivity contribution is -0.155. The molecule has 0 aliphatic heterocycles. The molecule has 2 aromatic rings. The van der Waals surface area contributed by atoms with E-state index >= 15 is 0 Å². The van der Waals surface area contributed by atoms with Crippen LogP contribution in [-0.4, -0.2) is 27.2 Å². The summed E-state index contributed by atoms with van der Waals surface area (Å²) in [5.41, 5.74) is -0.636. The molecule has 0 aliphatic rings. The van der Waals surface area contributed by atoms with Crippen LogP contribution in [0.25, 0.3) is 11.1 Å². The van der Waals surface area contributed by atoms with Crippen LogP contribution in [0.15, 0.2) is 41.3 Å². The third-order valence-corrected chi connectivity index (χ3v) is 3.36. The maximum Gasteiger partial charge on any atom is 0.341 e. The zero-order valence-corrected chi connectivity index (χ0v) is 14.6. The summed E-state index contributed by atoms with van der Waals surface area (Å²) in [5, 5.41) is 18.3. The van der Waals surface area contributed by atoms with E-state index in [1.165, 1.54) is 12.3 Å². The van der Waals surface area contributed by atoms with Crippen molar-refractivity contribution in [2.45, 2.75) is 32.9 Å². The van der Waals surface area contributed by atoms with Crippen molar-refractivity contribution in [2.75, 3.05) is 0 Å². The molecule has 0 saturated heterocycles. The fourth-order valence-corrected chi connectivity index (χ4v) is 2.35. The molecule has 0 amide bonds. The summed E-state index contributed by atoms with van der Waals surface area (Å²) in [6, 6.07) is 9.75. The Morgan fingerprint density at radius 1 is 1.23 bits per heavy atom. The molecule has 0 radical (unpaired) electrons. The standard InChI is InChI=1S/C19H18N2O5/c1-19(2,3)26-16(22)11-21-10-14(8-15(17(21)23)18(24)25)13-6-4-5-12(7-13)9-20/h4-8,10H,11H2,1-3H3,(H,24,25). The van der Waals surface area contributed by atoms with E-state index in [4.69, 9.17) is 10.00 Å². The number of carbonyl (C=O) groups is 2. The van der Waals surface area contributed by atoms with Gasteiger partial charge in [0.05, 0.1) is 11.6 Å². The second kappa shape index (κ2) is 7.23. The normalized spacial score (nSPS) is 10.8. The molecule has 0 aliphatic carbocycles. The zero-order valence-electron chi connectivity index (χ0n) is 14.6. The van der Waals surface area contributed by atoms with Crippen molar-refractivity contribution in [2.24, 2.45) is 0 Å². The number of pyridine rings is 1. The summed E-state index contributed by atoms with van der Waals surface area (Å²) in [6.45, 7) is 4.67. The van der Waals surface area contributed by atoms with Crippen LogP contribution in [-0.2, 0) is 16.1 Å². The number of hydrogen-bond acceptors (Lipinski definition) is 5. The maximum atomic E-state index is 12.3. The summed E-state index contributed by atoms with van der Waals surface area (Å²) in [4.78, 5) is 35.8. The minimum absolute atomic E-state index is 0.393. The number of carbonyl (C=O) groups excluding carboxylic acids is 1. The first kappa shape index (κ1) is 18.9. The van der Waals surface area contributed by atoms with Crippen molar-refractivity contribution in [3.63, 3.8) is 0 Å². The van der Waals surface area contributed by atoms with Gasteiger partial charge < -0.3 is 14.4 Å². The average molecular weight is 354 g/mol. The molecule has 7 heteroatoms. The summed E-state index contributed by atoms with van der Waals surface area (Å²) in [6.07, 6.45) is 1.38. The molecule has 1 aromatic carbocycles. The van der Waals surface area contributed by atoms with E-state index in [9.17, 15) is 19.5 Å². The molecule has 1 heterocycles. The van der Waals surface area contributed by atoms with Crippen molar-refractivity contribution in [1.82, 2.24) is 4.57 Å². The molecule has 7 nitrogen and oxygen atoms in total. The largest absolute Gasteiger partial charge is 0.477 e. The van der Waals surface area contributed by atoms with E-state index in [2.05, 4.69) is 0 Å². The van der Waals surface area contributed by atoms with Gasteiger partial charge in [0.25, 0.3) is 5.56 Å². The van der Waals surface area contributed by atoms with Crippen LogP contribution in [0.3, 0.4) is 0 Å². The summed E-state index contributed by atoms with van der Waals surface area (Å²) in [7, 11) is 0. The number of benzene rings is 1. The van der Waals surface area contributed by atoms with Crippen LogP contribution in [0.1, 0.15) is 36.7 Å². The first-order chi connectivity index (χ1) is 12.1. The van der Waals surface area contributed by atoms with Crippen LogP contribution >= 0.6 is 0 Å². The molecular formula is C19H18N2O5. The fraction of sp³-hybridized carbons (Fsp3) is 0.263. The smallest absolute Gasteiger partial charge is 0.341 e. The first-order valence-electron chi connectivity index (χ1n) is 7.81. The van der Waals surface area contributed by atoms with Gasteiger partial charge in [0, 0.05) is 6.20 Å². The second-order valence-electron chi connectivity index (χ2n) is 6.66. The Bertz CT molecular complexity index is 961. The highest BCUT2D eigenvalue weighted by Gasteiger charge is 2.20. The van der Waals surface area contributed by atoms with Crippen molar-refractivity contribution < 1.29 is 19.4 Å². The van der Waals surface area contributed by atoms with Gasteiger partial charge in [-0.2, -0.15) is 5.26 Å². The molecule has 0 fully saturated rings. The van der Waals surface area contributed by atoms with Crippen molar-refractivity contribution in [1.29, 1.82) is 5.26 Å². The quantitative estimate of drug-likeness (QED) is 0.845. The molecule has 1 aromatic heterocycles. The Kier molecular flexibility index (Phi) is 5.27. The third-order valence-electron chi connectivity index (χ3n) is 3.36. The van der Waals surface area contributed by atoms with E-state index in [0.717, 1.165) is 4.57 Å². The molecule has 1 N–H and O–H groups in total. The Labute approximate surface area is 150 Å². The van der Waals surface area contributed by atoms with Crippen LogP contribution < -0.4 is 5.56 Å². The van der Waals surface area contributed by atoms with Crippen LogP contribution in [0, 0.1) is 11.3 Å². The third kappa shape index (κ3) is 4.57. The molecule has 26 heavy (non-hydrogen) atoms. The summed E-state index contributed by atoms with van der Waals surface area (Å²) < 4.78 is 6.20. The second-order valence-corrected chi connectivity index (χ2v) is 6.66. The highest BCUT2D eigenvalue weighted by molar-refractivity contribution is 5.89. The van der Waals surface area contributed by atoms with Gasteiger partial charge in [-0.1, -0.05) is 12.1 Å². The predicted octanol–water partition coefficient (Wildman–Crippen LogP) is 2.43. The lowest BCUT2D eigenvalue weighted by atomic mass is 10.0. The fourth-order valence-electron chi connectivity index (χ4n) is 2.35. The zero-order chi connectivity index (χ0) is 19.5. The number of rotatable bonds is 4. The number of aromatic carboxylic acids is 1. The number of carboxylic acids is 1. The first-order valence-corrected chi connectivity index (χ1v) is 7.81. The van der Waals surface area contributed by atoms with E-state index in [1.54, 1.807) is 45.0 Å². The van der Waals surface area contributed by atoms with Crippen LogP contribution in [0.4, 0.5) is 0 Å². The lowest BCUT2D eigenvalue weighted by Gasteiger charge is -2.20. The highest BCUT2D eigenvalue weighted by Crippen LogP contribution is 2.20. The van der Waals surface area contributed by atoms with Gasteiger partial charge in [-0.3, -0.25) is 9.59 Å². The van der Waals surface area contributed by atoms with Crippen molar-refractivity contribution >= 4 is 11.9 Å². The molecule has 0 atom stereocenters. The summed E-state index contributed by atoms with van der Waals surface area (Å²) >= 11 is 0. The number of nitrogens with zero attached hydrogens (tertiary/aromatic N) is 2. The van der Waals surface area contributed by atoms with Gasteiger partial charge in [0.1, 0.15) is 17.7 Å². The Morgan fingerprint density at radius 2 is 1.92 bits per heavy atom. The van der Waals surface area contributed by atoms with Gasteiger partial charge in [0.2, 0.25) is 0 Å². The molecule has 0 bridgehead atoms. The van der Waals surface area contributed by atoms with E-state index in [1.807, 2.05) is 6.07 Å². The minimum atomic E-state index is -1.40. The summed E-state index contributed by atoms with van der Waals surface area (Å²) in [5.74, 6) is -2.05. The van der Waals surface area contributed by atoms with Gasteiger partial charge in [-0.25, -0.2) is 4.79 Å². The number of carboxylic acid groups (broad SMARTS) is 1. The van der Waals surface area contributed by atoms with Crippen LogP contribution in [0.5, 0.6) is 0 Å². The highest BCUT2D eigenvalue weighted by atomic mass is 16.6.